The Balaban J connectivity index is 2.50. The van der Waals surface area contributed by atoms with Gasteiger partial charge in [-0.05, 0) is 49.2 Å². The molecule has 132 valence electrons. The van der Waals surface area contributed by atoms with Crippen molar-refractivity contribution < 1.29 is 9.90 Å². The molecular weight excluding hydrogens is 332 g/mol. The van der Waals surface area contributed by atoms with Crippen LogP contribution in [0.2, 0.25) is 0 Å². The number of nitrogens with one attached hydrogen (secondary N) is 3. The Hall–Kier alpha value is -3.86. The number of rotatable bonds is 6. The van der Waals surface area contributed by atoms with Gasteiger partial charge in [0.2, 0.25) is 5.71 Å². The Morgan fingerprint density at radius 3 is 2.46 bits per heavy atom. The Labute approximate surface area is 150 Å². The molecule has 0 aliphatic rings. The second-order valence-corrected chi connectivity index (χ2v) is 5.63. The maximum absolute atomic E-state index is 11.6. The minimum Gasteiger partial charge on any atom is -0.478 e. The fraction of sp³-hybridized carbons (Fsp3) is 0.111. The zero-order valence-corrected chi connectivity index (χ0v) is 14.3. The number of amidine groups is 1. The number of hydrogen-bond donors (Lipinski definition) is 5. The zero-order chi connectivity index (χ0) is 19.3. The van der Waals surface area contributed by atoms with Crippen molar-refractivity contribution in [1.29, 1.82) is 10.7 Å². The summed E-state index contributed by atoms with van der Waals surface area (Å²) in [6.45, 7) is 3.88. The first-order chi connectivity index (χ1) is 12.3. The van der Waals surface area contributed by atoms with Crippen LogP contribution in [0.5, 0.6) is 0 Å². The number of anilines is 3. The van der Waals surface area contributed by atoms with Gasteiger partial charge in [-0.1, -0.05) is 12.1 Å². The number of aryl methyl sites for hydroxylation is 2. The molecule has 0 amide bonds. The van der Waals surface area contributed by atoms with Crippen molar-refractivity contribution in [3.63, 3.8) is 0 Å². The van der Waals surface area contributed by atoms with Crippen molar-refractivity contribution in [3.8, 4) is 6.07 Å². The third kappa shape index (κ3) is 4.36. The first kappa shape index (κ1) is 18.5. The monoisotopic (exact) mass is 350 g/mol. The van der Waals surface area contributed by atoms with E-state index in [1.165, 1.54) is 6.07 Å². The van der Waals surface area contributed by atoms with Crippen molar-refractivity contribution in [2.45, 2.75) is 13.8 Å². The number of carboxylic acids is 1. The van der Waals surface area contributed by atoms with E-state index in [4.69, 9.17) is 16.4 Å². The lowest BCUT2D eigenvalue weighted by Crippen LogP contribution is -2.22. The van der Waals surface area contributed by atoms with E-state index in [2.05, 4.69) is 15.8 Å². The van der Waals surface area contributed by atoms with E-state index < -0.39 is 11.8 Å². The molecule has 0 atom stereocenters. The summed E-state index contributed by atoms with van der Waals surface area (Å²) in [5, 5.41) is 32.6. The van der Waals surface area contributed by atoms with Crippen LogP contribution >= 0.6 is 0 Å². The van der Waals surface area contributed by atoms with Crippen LogP contribution in [0.1, 0.15) is 21.5 Å². The van der Waals surface area contributed by atoms with Crippen LogP contribution in [0.4, 0.5) is 17.1 Å². The molecule has 2 aromatic carbocycles. The molecule has 0 spiro atoms. The third-order valence-corrected chi connectivity index (χ3v) is 3.44. The molecule has 0 fully saturated rings. The zero-order valence-electron chi connectivity index (χ0n) is 14.3. The Morgan fingerprint density at radius 1 is 1.27 bits per heavy atom. The summed E-state index contributed by atoms with van der Waals surface area (Å²) >= 11 is 0. The lowest BCUT2D eigenvalue weighted by Gasteiger charge is -2.15. The topological polar surface area (TPSA) is 147 Å². The van der Waals surface area contributed by atoms with E-state index in [0.717, 1.165) is 16.8 Å². The molecule has 0 unspecified atom stereocenters. The lowest BCUT2D eigenvalue weighted by molar-refractivity contribution is 0.0698. The molecule has 0 radical (unpaired) electrons. The van der Waals surface area contributed by atoms with E-state index in [0.29, 0.717) is 5.69 Å². The summed E-state index contributed by atoms with van der Waals surface area (Å²) in [6, 6.07) is 12.1. The number of carbonyl (C=O) groups is 1. The molecule has 0 saturated carbocycles. The van der Waals surface area contributed by atoms with Crippen LogP contribution in [-0.2, 0) is 0 Å². The van der Waals surface area contributed by atoms with Crippen molar-refractivity contribution in [1.82, 2.24) is 0 Å². The molecule has 0 heterocycles. The van der Waals surface area contributed by atoms with Gasteiger partial charge < -0.3 is 16.2 Å². The number of aromatic carboxylic acids is 1. The summed E-state index contributed by atoms with van der Waals surface area (Å²) in [5.41, 5.74) is 11.0. The largest absolute Gasteiger partial charge is 0.478 e. The number of nitrogens with two attached hydrogens (primary N) is 1. The highest BCUT2D eigenvalue weighted by atomic mass is 16.4. The van der Waals surface area contributed by atoms with Gasteiger partial charge in [-0.3, -0.25) is 10.8 Å². The average molecular weight is 350 g/mol. The van der Waals surface area contributed by atoms with E-state index in [-0.39, 0.29) is 17.0 Å². The molecule has 6 N–H and O–H groups in total. The molecule has 8 nitrogen and oxygen atoms in total. The van der Waals surface area contributed by atoms with E-state index >= 15 is 0 Å². The van der Waals surface area contributed by atoms with Gasteiger partial charge in [0.15, 0.2) is 5.84 Å². The molecular formula is C18H18N6O2. The number of hydrazone groups is 1. The highest BCUT2D eigenvalue weighted by molar-refractivity contribution is 6.45. The SMILES string of the molecule is Cc1cc(C)cc(Nc2c(N/N=C(\C#N)C(=N)N)cccc2C(=O)O)c1. The van der Waals surface area contributed by atoms with Crippen LogP contribution in [0, 0.1) is 30.6 Å². The molecule has 0 aliphatic carbocycles. The smallest absolute Gasteiger partial charge is 0.337 e. The van der Waals surface area contributed by atoms with E-state index in [1.54, 1.807) is 18.2 Å². The molecule has 8 heteroatoms. The average Bonchev–Trinajstić information content (AvgIpc) is 2.55. The standard InChI is InChI=1S/C18H18N6O2/c1-10-6-11(2)8-12(7-10)22-16-13(18(25)26)4-3-5-14(16)23-24-15(9-19)17(20)21/h3-8,22-23H,1-2H3,(H3,20,21)(H,25,26)/b24-15+. The van der Waals surface area contributed by atoms with Gasteiger partial charge in [0.25, 0.3) is 0 Å². The van der Waals surface area contributed by atoms with Gasteiger partial charge in [-0.25, -0.2) is 4.79 Å². The maximum Gasteiger partial charge on any atom is 0.337 e. The van der Waals surface area contributed by atoms with Crippen molar-refractivity contribution >= 4 is 34.6 Å². The predicted molar refractivity (Wildman–Crippen MR) is 101 cm³/mol. The third-order valence-electron chi connectivity index (χ3n) is 3.44. The predicted octanol–water partition coefficient (Wildman–Crippen LogP) is 2.97. The molecule has 0 saturated heterocycles. The van der Waals surface area contributed by atoms with Crippen LogP contribution in [-0.4, -0.2) is 22.6 Å². The van der Waals surface area contributed by atoms with Crippen LogP contribution in [0.25, 0.3) is 0 Å². The minimum absolute atomic E-state index is 0.0330. The first-order valence-corrected chi connectivity index (χ1v) is 7.61. The van der Waals surface area contributed by atoms with Gasteiger partial charge in [-0.2, -0.15) is 10.4 Å². The number of carboxylic acid groups (broad SMARTS) is 1. The van der Waals surface area contributed by atoms with Crippen molar-refractivity contribution in [2.24, 2.45) is 10.8 Å². The lowest BCUT2D eigenvalue weighted by atomic mass is 10.1. The van der Waals surface area contributed by atoms with Crippen molar-refractivity contribution in [3.05, 3.63) is 53.1 Å². The fourth-order valence-corrected chi connectivity index (χ4v) is 2.41. The summed E-state index contributed by atoms with van der Waals surface area (Å²) in [5.74, 6) is -1.60. The van der Waals surface area contributed by atoms with Gasteiger partial charge in [0.1, 0.15) is 6.07 Å². The molecule has 26 heavy (non-hydrogen) atoms. The number of hydrogen-bond acceptors (Lipinski definition) is 6. The van der Waals surface area contributed by atoms with E-state index in [1.807, 2.05) is 32.0 Å². The normalized spacial score (nSPS) is 10.7. The fourth-order valence-electron chi connectivity index (χ4n) is 2.41. The van der Waals surface area contributed by atoms with E-state index in [9.17, 15) is 9.90 Å². The van der Waals surface area contributed by atoms with Gasteiger partial charge in [0.05, 0.1) is 16.9 Å². The molecule has 0 aromatic heterocycles. The Bertz CT molecular complexity index is 923. The molecule has 0 bridgehead atoms. The van der Waals surface area contributed by atoms with Crippen molar-refractivity contribution in [2.75, 3.05) is 10.7 Å². The van der Waals surface area contributed by atoms with Crippen LogP contribution in [0.15, 0.2) is 41.5 Å². The number of benzene rings is 2. The Morgan fingerprint density at radius 2 is 1.92 bits per heavy atom. The van der Waals surface area contributed by atoms with Gasteiger partial charge in [0, 0.05) is 5.69 Å². The minimum atomic E-state index is -1.11. The maximum atomic E-state index is 11.6. The van der Waals surface area contributed by atoms with Crippen LogP contribution in [0.3, 0.4) is 0 Å². The number of nitriles is 1. The second-order valence-electron chi connectivity index (χ2n) is 5.63. The van der Waals surface area contributed by atoms with Gasteiger partial charge >= 0.3 is 5.97 Å². The molecule has 2 rings (SSSR count). The highest BCUT2D eigenvalue weighted by Crippen LogP contribution is 2.30. The molecule has 2 aromatic rings. The van der Waals surface area contributed by atoms with Gasteiger partial charge in [-0.15, -0.1) is 0 Å². The highest BCUT2D eigenvalue weighted by Gasteiger charge is 2.15. The molecule has 0 aliphatic heterocycles. The summed E-state index contributed by atoms with van der Waals surface area (Å²) in [7, 11) is 0. The second kappa shape index (κ2) is 7.81. The summed E-state index contributed by atoms with van der Waals surface area (Å²) in [4.78, 5) is 11.6. The first-order valence-electron chi connectivity index (χ1n) is 7.61. The number of para-hydroxylation sites is 1. The summed E-state index contributed by atoms with van der Waals surface area (Å²) < 4.78 is 0. The summed E-state index contributed by atoms with van der Waals surface area (Å²) in [6.07, 6.45) is 0. The van der Waals surface area contributed by atoms with Crippen LogP contribution < -0.4 is 16.5 Å². The Kier molecular flexibility index (Phi) is 5.55. The number of nitrogens with zero attached hydrogens (tertiary/aromatic N) is 2. The quantitative estimate of drug-likeness (QED) is 0.307.